The second kappa shape index (κ2) is 3.80. The molecular weight excluding hydrogens is 176 g/mol. The van der Waals surface area contributed by atoms with Crippen LogP contribution in [-0.2, 0) is 4.74 Å². The highest BCUT2D eigenvalue weighted by Gasteiger charge is 2.48. The number of hydrogen-bond donors (Lipinski definition) is 1. The molecule has 3 nitrogen and oxygen atoms in total. The Morgan fingerprint density at radius 1 is 1.50 bits per heavy atom. The summed E-state index contributed by atoms with van der Waals surface area (Å²) in [4.78, 5) is 2.61. The Morgan fingerprint density at radius 2 is 2.21 bits per heavy atom. The van der Waals surface area contributed by atoms with Gasteiger partial charge in [-0.05, 0) is 25.3 Å². The molecule has 0 saturated carbocycles. The van der Waals surface area contributed by atoms with Crippen molar-refractivity contribution in [1.29, 1.82) is 0 Å². The second-order valence-electron chi connectivity index (χ2n) is 4.86. The molecule has 0 aromatic heterocycles. The Hall–Kier alpha value is -0.120. The van der Waals surface area contributed by atoms with E-state index in [0.29, 0.717) is 0 Å². The van der Waals surface area contributed by atoms with Crippen molar-refractivity contribution in [2.75, 3.05) is 26.3 Å². The minimum absolute atomic E-state index is 0.186. The molecular formula is C11H22N2O. The summed E-state index contributed by atoms with van der Waals surface area (Å²) in [5.41, 5.74) is 6.08. The Bertz CT molecular complexity index is 198. The van der Waals surface area contributed by atoms with E-state index < -0.39 is 0 Å². The average molecular weight is 198 g/mol. The van der Waals surface area contributed by atoms with Crippen LogP contribution in [0.2, 0.25) is 0 Å². The lowest BCUT2D eigenvalue weighted by Crippen LogP contribution is -2.67. The zero-order chi connectivity index (χ0) is 10.2. The third-order valence-corrected chi connectivity index (χ3v) is 4.03. The molecule has 0 aliphatic carbocycles. The van der Waals surface area contributed by atoms with Gasteiger partial charge in [-0.25, -0.2) is 0 Å². The van der Waals surface area contributed by atoms with Crippen LogP contribution in [-0.4, -0.2) is 42.8 Å². The largest absolute Gasteiger partial charge is 0.377 e. The van der Waals surface area contributed by atoms with Crippen molar-refractivity contribution >= 4 is 0 Å². The van der Waals surface area contributed by atoms with Crippen LogP contribution in [0.3, 0.4) is 0 Å². The minimum atomic E-state index is 0.186. The number of nitrogens with zero attached hydrogens (tertiary/aromatic N) is 1. The molecule has 0 aromatic rings. The zero-order valence-corrected chi connectivity index (χ0v) is 9.33. The molecule has 2 atom stereocenters. The van der Waals surface area contributed by atoms with Crippen molar-refractivity contribution < 1.29 is 4.74 Å². The van der Waals surface area contributed by atoms with Gasteiger partial charge in [-0.3, -0.25) is 4.90 Å². The molecule has 2 fully saturated rings. The van der Waals surface area contributed by atoms with Gasteiger partial charge in [0, 0.05) is 12.6 Å². The van der Waals surface area contributed by atoms with Gasteiger partial charge in [-0.1, -0.05) is 13.8 Å². The third-order valence-electron chi connectivity index (χ3n) is 4.03. The third kappa shape index (κ3) is 1.38. The van der Waals surface area contributed by atoms with Crippen LogP contribution >= 0.6 is 0 Å². The first-order valence-electron chi connectivity index (χ1n) is 5.78. The maximum atomic E-state index is 5.89. The van der Waals surface area contributed by atoms with E-state index in [4.69, 9.17) is 10.5 Å². The minimum Gasteiger partial charge on any atom is -0.377 e. The van der Waals surface area contributed by atoms with Gasteiger partial charge in [0.25, 0.3) is 0 Å². The fourth-order valence-corrected chi connectivity index (χ4v) is 2.96. The van der Waals surface area contributed by atoms with Crippen molar-refractivity contribution in [2.24, 2.45) is 11.7 Å². The molecule has 2 heterocycles. The molecule has 14 heavy (non-hydrogen) atoms. The maximum absolute atomic E-state index is 5.89. The highest BCUT2D eigenvalue weighted by molar-refractivity contribution is 5.03. The van der Waals surface area contributed by atoms with Crippen molar-refractivity contribution in [3.63, 3.8) is 0 Å². The molecule has 82 valence electrons. The van der Waals surface area contributed by atoms with E-state index in [1.807, 2.05) is 0 Å². The van der Waals surface area contributed by atoms with Gasteiger partial charge in [-0.15, -0.1) is 0 Å². The monoisotopic (exact) mass is 198 g/mol. The number of ether oxygens (including phenoxy) is 1. The molecule has 2 saturated heterocycles. The lowest BCUT2D eigenvalue weighted by Gasteiger charge is -2.50. The first kappa shape index (κ1) is 10.4. The van der Waals surface area contributed by atoms with Gasteiger partial charge in [0.05, 0.1) is 18.8 Å². The molecule has 0 radical (unpaired) electrons. The molecule has 3 heteroatoms. The van der Waals surface area contributed by atoms with E-state index in [9.17, 15) is 0 Å². The highest BCUT2D eigenvalue weighted by Crippen LogP contribution is 2.35. The van der Waals surface area contributed by atoms with Crippen molar-refractivity contribution in [3.05, 3.63) is 0 Å². The lowest BCUT2D eigenvalue weighted by molar-refractivity contribution is -0.141. The summed E-state index contributed by atoms with van der Waals surface area (Å²) >= 11 is 0. The van der Waals surface area contributed by atoms with Crippen LogP contribution in [0.25, 0.3) is 0 Å². The fraction of sp³-hybridized carbons (Fsp3) is 1.00. The van der Waals surface area contributed by atoms with Crippen molar-refractivity contribution in [3.8, 4) is 0 Å². The molecule has 0 spiro atoms. The molecule has 2 rings (SSSR count). The summed E-state index contributed by atoms with van der Waals surface area (Å²) < 4.78 is 5.35. The topological polar surface area (TPSA) is 38.5 Å². The number of rotatable bonds is 3. The molecule has 0 amide bonds. The summed E-state index contributed by atoms with van der Waals surface area (Å²) in [5, 5.41) is 0. The Morgan fingerprint density at radius 3 is 2.64 bits per heavy atom. The van der Waals surface area contributed by atoms with Gasteiger partial charge in [0.2, 0.25) is 0 Å². The fourth-order valence-electron chi connectivity index (χ4n) is 2.96. The smallest absolute Gasteiger partial charge is 0.0804 e. The van der Waals surface area contributed by atoms with Gasteiger partial charge in [0.1, 0.15) is 0 Å². The van der Waals surface area contributed by atoms with Gasteiger partial charge >= 0.3 is 0 Å². The van der Waals surface area contributed by atoms with Crippen LogP contribution in [0.5, 0.6) is 0 Å². The zero-order valence-electron chi connectivity index (χ0n) is 9.33. The van der Waals surface area contributed by atoms with Crippen molar-refractivity contribution in [1.82, 2.24) is 4.90 Å². The average Bonchev–Trinajstić information content (AvgIpc) is 2.47. The summed E-state index contributed by atoms with van der Waals surface area (Å²) in [6.07, 6.45) is 2.56. The standard InChI is InChI=1S/C11H22N2O/c1-3-10-9(2)4-5-13(10)11(6-12)7-14-8-11/h9-10H,3-8,12H2,1-2H3. The predicted molar refractivity (Wildman–Crippen MR) is 57.2 cm³/mol. The second-order valence-corrected chi connectivity index (χ2v) is 4.86. The van der Waals surface area contributed by atoms with E-state index in [1.54, 1.807) is 0 Å². The number of likely N-dealkylation sites (tertiary alicyclic amines) is 1. The molecule has 0 aromatic carbocycles. The van der Waals surface area contributed by atoms with E-state index in [0.717, 1.165) is 31.7 Å². The number of hydrogen-bond acceptors (Lipinski definition) is 3. The molecule has 2 aliphatic heterocycles. The van der Waals surface area contributed by atoms with Crippen LogP contribution in [0.15, 0.2) is 0 Å². The molecule has 0 bridgehead atoms. The summed E-state index contributed by atoms with van der Waals surface area (Å²) in [6.45, 7) is 8.27. The summed E-state index contributed by atoms with van der Waals surface area (Å²) in [6, 6.07) is 0.724. The highest BCUT2D eigenvalue weighted by atomic mass is 16.5. The molecule has 2 aliphatic rings. The predicted octanol–water partition coefficient (Wildman–Crippen LogP) is 0.834. The summed E-state index contributed by atoms with van der Waals surface area (Å²) in [7, 11) is 0. The Kier molecular flexibility index (Phi) is 2.82. The van der Waals surface area contributed by atoms with Gasteiger partial charge in [-0.2, -0.15) is 0 Å². The normalized spacial score (nSPS) is 37.1. The van der Waals surface area contributed by atoms with Crippen LogP contribution < -0.4 is 5.73 Å². The molecule has 2 N–H and O–H groups in total. The maximum Gasteiger partial charge on any atom is 0.0804 e. The first-order chi connectivity index (χ1) is 6.73. The van der Waals surface area contributed by atoms with E-state index in [2.05, 4.69) is 18.7 Å². The molecule has 2 unspecified atom stereocenters. The van der Waals surface area contributed by atoms with Crippen molar-refractivity contribution in [2.45, 2.75) is 38.3 Å². The van der Waals surface area contributed by atoms with Gasteiger partial charge < -0.3 is 10.5 Å². The van der Waals surface area contributed by atoms with Gasteiger partial charge in [0.15, 0.2) is 0 Å². The van der Waals surface area contributed by atoms with E-state index >= 15 is 0 Å². The SMILES string of the molecule is CCC1C(C)CCN1C1(CN)COC1. The van der Waals surface area contributed by atoms with E-state index in [1.165, 1.54) is 19.4 Å². The summed E-state index contributed by atoms with van der Waals surface area (Å²) in [5.74, 6) is 0.823. The first-order valence-corrected chi connectivity index (χ1v) is 5.78. The lowest BCUT2D eigenvalue weighted by atomic mass is 9.92. The van der Waals surface area contributed by atoms with E-state index in [-0.39, 0.29) is 5.54 Å². The quantitative estimate of drug-likeness (QED) is 0.730. The number of nitrogens with two attached hydrogens (primary N) is 1. The Balaban J connectivity index is 2.09. The van der Waals surface area contributed by atoms with Crippen LogP contribution in [0.4, 0.5) is 0 Å². The van der Waals surface area contributed by atoms with Crippen LogP contribution in [0.1, 0.15) is 26.7 Å². The van der Waals surface area contributed by atoms with Crippen LogP contribution in [0, 0.1) is 5.92 Å². The Labute approximate surface area is 86.6 Å².